The number of benzene rings is 1. The third-order valence-electron chi connectivity index (χ3n) is 2.91. The first-order valence-corrected chi connectivity index (χ1v) is 5.80. The highest BCUT2D eigenvalue weighted by Crippen LogP contribution is 2.17. The molecule has 0 fully saturated rings. The zero-order chi connectivity index (χ0) is 12.4. The maximum absolute atomic E-state index is 9.45. The lowest BCUT2D eigenvalue weighted by molar-refractivity contribution is 0.232. The second-order valence-electron chi connectivity index (χ2n) is 4.47. The van der Waals surface area contributed by atoms with Crippen LogP contribution in [0.2, 0.25) is 0 Å². The van der Waals surface area contributed by atoms with Crippen molar-refractivity contribution in [2.45, 2.75) is 26.9 Å². The molecule has 1 unspecified atom stereocenters. The zero-order valence-corrected chi connectivity index (χ0v) is 10.4. The van der Waals surface area contributed by atoms with E-state index in [0.717, 1.165) is 27.7 Å². The Morgan fingerprint density at radius 2 is 2.06 bits per heavy atom. The minimum Gasteiger partial charge on any atom is -0.389 e. The molecule has 1 heterocycles. The van der Waals surface area contributed by atoms with Crippen LogP contribution < -0.4 is 0 Å². The number of aryl methyl sites for hydroxylation is 1. The first-order chi connectivity index (χ1) is 8.06. The molecule has 0 amide bonds. The molecular formula is C15H17NO. The van der Waals surface area contributed by atoms with Gasteiger partial charge in [0.1, 0.15) is 0 Å². The molecule has 0 saturated carbocycles. The predicted molar refractivity (Wildman–Crippen MR) is 71.8 cm³/mol. The highest BCUT2D eigenvalue weighted by atomic mass is 16.3. The van der Waals surface area contributed by atoms with Crippen molar-refractivity contribution >= 4 is 17.0 Å². The fourth-order valence-electron chi connectivity index (χ4n) is 1.72. The maximum atomic E-state index is 9.45. The second kappa shape index (κ2) is 4.68. The van der Waals surface area contributed by atoms with E-state index in [1.54, 1.807) is 6.92 Å². The molecule has 0 aliphatic heterocycles. The predicted octanol–water partition coefficient (Wildman–Crippen LogP) is 3.33. The Kier molecular flexibility index (Phi) is 3.25. The van der Waals surface area contributed by atoms with E-state index in [9.17, 15) is 5.11 Å². The average molecular weight is 227 g/mol. The highest BCUT2D eigenvalue weighted by Gasteiger charge is 2.00. The monoisotopic (exact) mass is 227 g/mol. The molecule has 0 aliphatic rings. The first kappa shape index (κ1) is 11.8. The van der Waals surface area contributed by atoms with Crippen molar-refractivity contribution in [1.82, 2.24) is 4.98 Å². The van der Waals surface area contributed by atoms with Gasteiger partial charge >= 0.3 is 0 Å². The summed E-state index contributed by atoms with van der Waals surface area (Å²) >= 11 is 0. The number of pyridine rings is 1. The molecule has 2 heteroatoms. The van der Waals surface area contributed by atoms with E-state index in [-0.39, 0.29) is 0 Å². The summed E-state index contributed by atoms with van der Waals surface area (Å²) in [5.41, 5.74) is 4.10. The average Bonchev–Trinajstić information content (AvgIpc) is 2.29. The van der Waals surface area contributed by atoms with Crippen LogP contribution in [-0.4, -0.2) is 16.2 Å². The number of hydrogen-bond acceptors (Lipinski definition) is 2. The maximum Gasteiger partial charge on any atom is 0.0722 e. The minimum absolute atomic E-state index is 0.401. The van der Waals surface area contributed by atoms with Gasteiger partial charge < -0.3 is 5.11 Å². The molecule has 17 heavy (non-hydrogen) atoms. The van der Waals surface area contributed by atoms with Gasteiger partial charge in [-0.15, -0.1) is 0 Å². The van der Waals surface area contributed by atoms with Gasteiger partial charge in [-0.3, -0.25) is 4.98 Å². The van der Waals surface area contributed by atoms with Crippen molar-refractivity contribution in [1.29, 1.82) is 0 Å². The van der Waals surface area contributed by atoms with Gasteiger partial charge in [-0.1, -0.05) is 18.2 Å². The zero-order valence-electron chi connectivity index (χ0n) is 10.4. The number of aliphatic hydroxyl groups excluding tert-OH is 1. The summed E-state index contributed by atoms with van der Waals surface area (Å²) in [7, 11) is 0. The lowest BCUT2D eigenvalue weighted by Gasteiger charge is -2.05. The van der Waals surface area contributed by atoms with Crippen molar-refractivity contribution < 1.29 is 5.11 Å². The van der Waals surface area contributed by atoms with Crippen LogP contribution in [0.1, 0.15) is 25.1 Å². The van der Waals surface area contributed by atoms with E-state index in [0.29, 0.717) is 0 Å². The Morgan fingerprint density at radius 1 is 1.29 bits per heavy atom. The van der Waals surface area contributed by atoms with Gasteiger partial charge in [0.2, 0.25) is 0 Å². The normalized spacial score (nSPS) is 14.0. The van der Waals surface area contributed by atoms with Crippen LogP contribution in [0.25, 0.3) is 17.0 Å². The molecule has 1 N–H and O–H groups in total. The summed E-state index contributed by atoms with van der Waals surface area (Å²) in [6.07, 6.45) is 1.60. The van der Waals surface area contributed by atoms with Gasteiger partial charge in [0.15, 0.2) is 0 Å². The summed E-state index contributed by atoms with van der Waals surface area (Å²) in [6.45, 7) is 5.70. The first-order valence-electron chi connectivity index (χ1n) is 5.80. The number of hydrogen-bond donors (Lipinski definition) is 1. The topological polar surface area (TPSA) is 33.1 Å². The van der Waals surface area contributed by atoms with E-state index in [1.165, 1.54) is 0 Å². The molecule has 2 rings (SSSR count). The van der Waals surface area contributed by atoms with E-state index >= 15 is 0 Å². The molecule has 1 aromatic heterocycles. The van der Waals surface area contributed by atoms with E-state index in [1.807, 2.05) is 38.1 Å². The van der Waals surface area contributed by atoms with Gasteiger partial charge in [-0.2, -0.15) is 0 Å². The molecule has 0 bridgehead atoms. The fraction of sp³-hybridized carbons (Fsp3) is 0.267. The third kappa shape index (κ3) is 2.71. The van der Waals surface area contributed by atoms with E-state index in [4.69, 9.17) is 0 Å². The number of fused-ring (bicyclic) bond motifs is 1. The van der Waals surface area contributed by atoms with Crippen LogP contribution in [0, 0.1) is 6.92 Å². The molecule has 1 aromatic carbocycles. The quantitative estimate of drug-likeness (QED) is 0.853. The highest BCUT2D eigenvalue weighted by molar-refractivity contribution is 5.81. The van der Waals surface area contributed by atoms with E-state index in [2.05, 4.69) is 17.1 Å². The summed E-state index contributed by atoms with van der Waals surface area (Å²) in [6, 6.07) is 10.2. The Morgan fingerprint density at radius 3 is 2.76 bits per heavy atom. The van der Waals surface area contributed by atoms with Crippen LogP contribution in [0.4, 0.5) is 0 Å². The molecule has 2 nitrogen and oxygen atoms in total. The Bertz CT molecular complexity index is 570. The SMILES string of the molecule is C/C(=C\c1ccc2nc(C)ccc2c1)C(C)O. The van der Waals surface area contributed by atoms with Crippen molar-refractivity contribution in [2.75, 3.05) is 0 Å². The van der Waals surface area contributed by atoms with E-state index < -0.39 is 6.10 Å². The van der Waals surface area contributed by atoms with Crippen molar-refractivity contribution in [3.63, 3.8) is 0 Å². The van der Waals surface area contributed by atoms with Gasteiger partial charge in [0.05, 0.1) is 11.6 Å². The molecule has 1 atom stereocenters. The van der Waals surface area contributed by atoms with Crippen LogP contribution in [0.15, 0.2) is 35.9 Å². The Labute approximate surface area is 102 Å². The molecule has 0 radical (unpaired) electrons. The van der Waals surface area contributed by atoms with Gasteiger partial charge in [-0.05, 0) is 50.1 Å². The standard InChI is InChI=1S/C15H17NO/c1-10(12(3)17)8-13-5-7-15-14(9-13)6-4-11(2)16-15/h4-9,12,17H,1-3H3/b10-8+. The van der Waals surface area contributed by atoms with Crippen LogP contribution in [-0.2, 0) is 0 Å². The van der Waals surface area contributed by atoms with Crippen LogP contribution in [0.5, 0.6) is 0 Å². The molecule has 0 spiro atoms. The van der Waals surface area contributed by atoms with Crippen molar-refractivity contribution in [2.24, 2.45) is 0 Å². The lowest BCUT2D eigenvalue weighted by atomic mass is 10.1. The van der Waals surface area contributed by atoms with Crippen molar-refractivity contribution in [3.8, 4) is 0 Å². The van der Waals surface area contributed by atoms with Crippen LogP contribution >= 0.6 is 0 Å². The summed E-state index contributed by atoms with van der Waals surface area (Å²) in [5, 5.41) is 10.6. The number of aromatic nitrogens is 1. The second-order valence-corrected chi connectivity index (χ2v) is 4.47. The molecule has 2 aromatic rings. The van der Waals surface area contributed by atoms with Crippen molar-refractivity contribution in [3.05, 3.63) is 47.2 Å². The molecule has 0 saturated heterocycles. The fourth-order valence-corrected chi connectivity index (χ4v) is 1.72. The Hall–Kier alpha value is -1.67. The summed E-state index contributed by atoms with van der Waals surface area (Å²) in [4.78, 5) is 4.46. The third-order valence-corrected chi connectivity index (χ3v) is 2.91. The lowest BCUT2D eigenvalue weighted by Crippen LogP contribution is -2.00. The molecule has 0 aliphatic carbocycles. The summed E-state index contributed by atoms with van der Waals surface area (Å²) in [5.74, 6) is 0. The molecule has 88 valence electrons. The minimum atomic E-state index is -0.401. The number of nitrogens with zero attached hydrogens (tertiary/aromatic N) is 1. The largest absolute Gasteiger partial charge is 0.389 e. The number of rotatable bonds is 2. The van der Waals surface area contributed by atoms with Crippen LogP contribution in [0.3, 0.4) is 0 Å². The summed E-state index contributed by atoms with van der Waals surface area (Å²) < 4.78 is 0. The van der Waals surface area contributed by atoms with Gasteiger partial charge in [0.25, 0.3) is 0 Å². The molecular weight excluding hydrogens is 210 g/mol. The van der Waals surface area contributed by atoms with Gasteiger partial charge in [-0.25, -0.2) is 0 Å². The number of aliphatic hydroxyl groups is 1. The Balaban J connectivity index is 2.45. The van der Waals surface area contributed by atoms with Gasteiger partial charge in [0, 0.05) is 11.1 Å². The smallest absolute Gasteiger partial charge is 0.0722 e.